The molecule has 0 saturated heterocycles. The Labute approximate surface area is 611 Å². The zero-order valence-corrected chi connectivity index (χ0v) is 54.2. The van der Waals surface area contributed by atoms with Crippen LogP contribution < -0.4 is 30.1 Å². The van der Waals surface area contributed by atoms with Crippen LogP contribution in [-0.2, 0) is 26.5 Å². The molecule has 6 nitrogen and oxygen atoms in total. The summed E-state index contributed by atoms with van der Waals surface area (Å²) >= 11 is 0. The number of fused-ring (bicyclic) bond motifs is 13. The SMILES string of the molecule is [2H]c1c([2H])c([2H])c([Si](c2c([2H])c([2H])c([2H])c([2H])c2[2H])(c2c([2H])c([2H])c([2H])c([2H])c2[2H])c2c([2H])c([2H])c([2H])c(-c3cc4c5c(c3)n(-c3[c-]c(Oc6[c-]c7c(cc6)c6ccccc6n7-c6cc(C(C)(C)C)ccn6)ccc3)[c-][n+]5-c3c(cccc3-n3c5ccccc5c5ccccc53)-c3c([2H])c([2H])c([2H])c([2H])c3-c3c([2H])c([2H])c([2H])c([2H])c3-4)c2[2H])c([2H])c1[2H].[Pt]. The van der Waals surface area contributed by atoms with Crippen molar-refractivity contribution < 1.29 is 67.4 Å². The second kappa shape index (κ2) is 23.4. The van der Waals surface area contributed by atoms with Crippen molar-refractivity contribution in [2.75, 3.05) is 0 Å². The number of ether oxygens (including phenoxy) is 1. The van der Waals surface area contributed by atoms with Crippen molar-refractivity contribution in [2.24, 2.45) is 0 Å². The van der Waals surface area contributed by atoms with Crippen LogP contribution in [0.2, 0.25) is 0 Å². The Morgan fingerprint density at radius 3 is 1.61 bits per heavy atom. The Hall–Kier alpha value is -11.2. The molecule has 0 spiro atoms. The summed E-state index contributed by atoms with van der Waals surface area (Å²) < 4.78 is 277. The fourth-order valence-electron chi connectivity index (χ4n) is 13.3. The van der Waals surface area contributed by atoms with Gasteiger partial charge in [0, 0.05) is 55.1 Å². The molecule has 18 rings (SSSR count). The molecule has 0 amide bonds. The Morgan fingerprint density at radius 2 is 0.990 bits per heavy atom. The Kier molecular flexibility index (Phi) is 8.87. The van der Waals surface area contributed by atoms with E-state index in [0.717, 1.165) is 32.6 Å². The first-order valence-electron chi connectivity index (χ1n) is 43.8. The summed E-state index contributed by atoms with van der Waals surface area (Å²) in [6.07, 6.45) is 5.31. The number of rotatable bonds is 10. The minimum atomic E-state index is -6.52. The van der Waals surface area contributed by atoms with Crippen LogP contribution in [0.25, 0.3) is 122 Å². The van der Waals surface area contributed by atoms with E-state index in [-0.39, 0.29) is 77.1 Å². The molecule has 460 valence electrons. The first-order valence-corrected chi connectivity index (χ1v) is 32.3. The third-order valence-electron chi connectivity index (χ3n) is 17.5. The van der Waals surface area contributed by atoms with Crippen LogP contribution in [0.15, 0.2) is 315 Å². The van der Waals surface area contributed by atoms with Gasteiger partial charge < -0.3 is 18.4 Å². The smallest absolute Gasteiger partial charge is 0.268 e. The minimum Gasteiger partial charge on any atom is -0.510 e. The van der Waals surface area contributed by atoms with Gasteiger partial charge in [0.05, 0.1) is 70.5 Å². The van der Waals surface area contributed by atoms with Crippen LogP contribution in [0.3, 0.4) is 0 Å². The summed E-state index contributed by atoms with van der Waals surface area (Å²) in [7, 11) is -6.52. The molecule has 0 saturated carbocycles. The number of pyridine rings is 1. The summed E-state index contributed by atoms with van der Waals surface area (Å²) in [5, 5.41) is -1.13. The Bertz CT molecular complexity index is 7300. The molecule has 1 aliphatic heterocycles. The van der Waals surface area contributed by atoms with Crippen LogP contribution in [-0.4, -0.2) is 26.8 Å². The third kappa shape index (κ3) is 9.39. The predicted octanol–water partition coefficient (Wildman–Crippen LogP) is 18.3. The first kappa shape index (κ1) is 36.4. The van der Waals surface area contributed by atoms with Crippen molar-refractivity contribution >= 4 is 83.5 Å². The zero-order valence-electron chi connectivity index (χ0n) is 77.9. The maximum absolute atomic E-state index is 11.1. The van der Waals surface area contributed by atoms with Gasteiger partial charge in [0.25, 0.3) is 6.33 Å². The summed E-state index contributed by atoms with van der Waals surface area (Å²) in [6, 6.07) is 21.2. The third-order valence-corrected chi connectivity index (χ3v) is 21.5. The largest absolute Gasteiger partial charge is 0.510 e. The molecule has 0 radical (unpaired) electrons. The molecule has 96 heavy (non-hydrogen) atoms. The van der Waals surface area contributed by atoms with E-state index < -0.39 is 220 Å². The van der Waals surface area contributed by atoms with Crippen molar-refractivity contribution in [3.05, 3.63) is 339 Å². The molecule has 13 aromatic carbocycles. The summed E-state index contributed by atoms with van der Waals surface area (Å²) in [6.45, 7) is 6.30. The molecule has 17 aromatic rings. The van der Waals surface area contributed by atoms with Crippen molar-refractivity contribution in [2.45, 2.75) is 26.2 Å². The Morgan fingerprint density at radius 1 is 0.448 bits per heavy atom. The van der Waals surface area contributed by atoms with Gasteiger partial charge in [-0.1, -0.05) is 262 Å². The Balaban J connectivity index is 0.0000107. The van der Waals surface area contributed by atoms with Crippen LogP contribution >= 0.6 is 0 Å². The van der Waals surface area contributed by atoms with Crippen molar-refractivity contribution in [3.8, 4) is 78.9 Å². The molecular weight excluding hydrogens is 1370 g/mol. The zero-order chi connectivity index (χ0) is 86.9. The van der Waals surface area contributed by atoms with E-state index in [1.807, 2.05) is 100 Å². The number of hydrogen-bond acceptors (Lipinski definition) is 2. The average molecular weight is 1450 g/mol. The fourth-order valence-corrected chi connectivity index (χ4v) is 16.9. The van der Waals surface area contributed by atoms with Crippen molar-refractivity contribution in [1.82, 2.24) is 18.7 Å². The molecule has 0 atom stereocenters. The molecule has 0 bridgehead atoms. The summed E-state index contributed by atoms with van der Waals surface area (Å²) in [5.41, 5.74) is 0.638. The van der Waals surface area contributed by atoms with Gasteiger partial charge in [-0.15, -0.1) is 29.7 Å². The standard InChI is InChI=1S/C88H61N5OSi.Pt/c1-88(2,3)61-50-51-89-85(55-61)93-81-46-22-19-42-75(81)76-49-48-64(57-83(76)93)94-63-28-24-27-62(56-63)90-58-91-86-77(43-25-47-82(86)92-79-44-20-17-40-73(79)74-41-18-21-45-80(74)92)71-38-15-13-36-69(71)70-37-14-16-39-72(70)78-53-60(54-84(90)87(78)91)59-26-23-35-68(52-59)95(65-29-7-4-8-30-65,66-31-9-5-10-32-66)67-33-11-6-12-34-67;/h4-55H,1-3H3;/q-2;/i4D,5D,6D,7D,8D,9D,10D,11D,12D,13D,14D,15D,16D,23D,26D,29D,30D,31D,32D,33D,34D,35D,36D,37D,38D,39D,52D;. The number of benzene rings is 13. The normalized spacial score (nSPS) is 16.0. The quantitative estimate of drug-likeness (QED) is 0.0593. The number of aromatic nitrogens is 5. The molecule has 1 aliphatic rings. The van der Waals surface area contributed by atoms with Gasteiger partial charge in [-0.2, -0.15) is 18.2 Å². The van der Waals surface area contributed by atoms with E-state index >= 15 is 0 Å². The van der Waals surface area contributed by atoms with Gasteiger partial charge in [-0.3, -0.25) is 4.57 Å². The molecule has 4 aromatic heterocycles. The number of imidazole rings is 1. The molecule has 0 fully saturated rings. The van der Waals surface area contributed by atoms with E-state index in [1.165, 1.54) is 16.7 Å². The number of nitrogens with zero attached hydrogens (tertiary/aromatic N) is 5. The molecule has 0 aliphatic carbocycles. The van der Waals surface area contributed by atoms with E-state index in [4.69, 9.17) is 13.8 Å². The maximum Gasteiger partial charge on any atom is 0.268 e. The van der Waals surface area contributed by atoms with E-state index in [2.05, 4.69) is 39.2 Å². The van der Waals surface area contributed by atoms with Gasteiger partial charge in [-0.05, 0) is 130 Å². The molecule has 8 heteroatoms. The number of para-hydroxylation sites is 4. The predicted molar refractivity (Wildman–Crippen MR) is 392 cm³/mol. The molecule has 5 heterocycles. The topological polar surface area (TPSA) is 40.8 Å². The van der Waals surface area contributed by atoms with Crippen molar-refractivity contribution in [3.63, 3.8) is 0 Å². The number of hydrogen-bond donors (Lipinski definition) is 0. The van der Waals surface area contributed by atoms with Crippen LogP contribution in [0.1, 0.15) is 63.3 Å². The van der Waals surface area contributed by atoms with Gasteiger partial charge in [-0.25, -0.2) is 4.98 Å². The van der Waals surface area contributed by atoms with Gasteiger partial charge in [0.15, 0.2) is 8.07 Å². The van der Waals surface area contributed by atoms with E-state index in [0.29, 0.717) is 28.1 Å². The van der Waals surface area contributed by atoms with Gasteiger partial charge >= 0.3 is 0 Å². The molecular formula is C88H61N5OPtSi-2. The van der Waals surface area contributed by atoms with Crippen molar-refractivity contribution in [1.29, 1.82) is 0 Å². The van der Waals surface area contributed by atoms with Crippen LogP contribution in [0.5, 0.6) is 11.5 Å². The summed E-state index contributed by atoms with van der Waals surface area (Å²) in [4.78, 5) is 4.86. The van der Waals surface area contributed by atoms with Gasteiger partial charge in [0.2, 0.25) is 0 Å². The monoisotopic (exact) mass is 1450 g/mol. The maximum atomic E-state index is 11.1. The second-order valence-corrected chi connectivity index (χ2v) is 27.3. The van der Waals surface area contributed by atoms with Gasteiger partial charge in [0.1, 0.15) is 5.82 Å². The second-order valence-electron chi connectivity index (χ2n) is 23.8. The molecule has 0 unspecified atom stereocenters. The van der Waals surface area contributed by atoms with E-state index in [1.54, 1.807) is 53.2 Å². The fraction of sp³-hybridized carbons (Fsp3) is 0.0455. The summed E-state index contributed by atoms with van der Waals surface area (Å²) in [5.74, 6) is 0.857. The average Bonchev–Trinajstić information content (AvgIpc) is 1.32. The van der Waals surface area contributed by atoms with Crippen LogP contribution in [0, 0.1) is 18.5 Å². The minimum absolute atomic E-state index is 0. The first-order chi connectivity index (χ1) is 58.0. The van der Waals surface area contributed by atoms with E-state index in [9.17, 15) is 32.9 Å². The van der Waals surface area contributed by atoms with Crippen LogP contribution in [0.4, 0.5) is 0 Å². The molecule has 0 N–H and O–H groups in total.